The Morgan fingerprint density at radius 1 is 1.41 bits per heavy atom. The highest BCUT2D eigenvalue weighted by atomic mass is 16.5. The van der Waals surface area contributed by atoms with E-state index < -0.39 is 0 Å². The van der Waals surface area contributed by atoms with Crippen LogP contribution in [0.4, 0.5) is 0 Å². The summed E-state index contributed by atoms with van der Waals surface area (Å²) < 4.78 is 5.49. The van der Waals surface area contributed by atoms with E-state index in [1.807, 2.05) is 38.1 Å². The smallest absolute Gasteiger partial charge is 0.221 e. The van der Waals surface area contributed by atoms with E-state index in [-0.39, 0.29) is 18.4 Å². The van der Waals surface area contributed by atoms with Crippen LogP contribution in [0.2, 0.25) is 0 Å². The molecule has 1 atom stereocenters. The lowest BCUT2D eigenvalue weighted by atomic mass is 10.0. The molecule has 4 heteroatoms. The van der Waals surface area contributed by atoms with Gasteiger partial charge in [-0.3, -0.25) is 4.79 Å². The van der Waals surface area contributed by atoms with Crippen molar-refractivity contribution in [1.82, 2.24) is 5.32 Å². The lowest BCUT2D eigenvalue weighted by Crippen LogP contribution is -2.27. The molecule has 0 aliphatic rings. The highest BCUT2D eigenvalue weighted by Crippen LogP contribution is 2.25. The normalized spacial score (nSPS) is 11.9. The van der Waals surface area contributed by atoms with E-state index in [1.54, 1.807) is 0 Å². The van der Waals surface area contributed by atoms with Gasteiger partial charge in [0.05, 0.1) is 6.61 Å². The summed E-state index contributed by atoms with van der Waals surface area (Å²) in [6, 6.07) is 7.23. The minimum absolute atomic E-state index is 0.0358. The first-order valence-electron chi connectivity index (χ1n) is 5.93. The SMILES string of the molecule is CCNC(=O)C[C@H](N)c1ccccc1OCC. The molecule has 94 valence electrons. The third kappa shape index (κ3) is 4.07. The first-order chi connectivity index (χ1) is 8.19. The number of para-hydroxylation sites is 1. The molecule has 0 spiro atoms. The predicted octanol–water partition coefficient (Wildman–Crippen LogP) is 1.61. The number of hydrogen-bond donors (Lipinski definition) is 2. The van der Waals surface area contributed by atoms with Gasteiger partial charge in [-0.2, -0.15) is 0 Å². The summed E-state index contributed by atoms with van der Waals surface area (Å²) in [5.74, 6) is 0.720. The molecule has 17 heavy (non-hydrogen) atoms. The van der Waals surface area contributed by atoms with E-state index in [0.717, 1.165) is 11.3 Å². The van der Waals surface area contributed by atoms with Crippen molar-refractivity contribution in [2.24, 2.45) is 5.73 Å². The third-order valence-electron chi connectivity index (χ3n) is 2.40. The van der Waals surface area contributed by atoms with Crippen LogP contribution in [-0.4, -0.2) is 19.1 Å². The zero-order valence-corrected chi connectivity index (χ0v) is 10.4. The average molecular weight is 236 g/mol. The Bertz CT molecular complexity index is 366. The van der Waals surface area contributed by atoms with E-state index in [9.17, 15) is 4.79 Å². The fraction of sp³-hybridized carbons (Fsp3) is 0.462. The maximum atomic E-state index is 11.5. The zero-order valence-electron chi connectivity index (χ0n) is 10.4. The standard InChI is InChI=1S/C13H20N2O2/c1-3-15-13(16)9-11(14)10-7-5-6-8-12(10)17-4-2/h5-8,11H,3-4,9,14H2,1-2H3,(H,15,16)/t11-/m0/s1. The number of carbonyl (C=O) groups excluding carboxylic acids is 1. The van der Waals surface area contributed by atoms with Gasteiger partial charge in [0.1, 0.15) is 5.75 Å². The largest absolute Gasteiger partial charge is 0.494 e. The van der Waals surface area contributed by atoms with Crippen molar-refractivity contribution >= 4 is 5.91 Å². The van der Waals surface area contributed by atoms with Gasteiger partial charge in [0.15, 0.2) is 0 Å². The summed E-state index contributed by atoms with van der Waals surface area (Å²) in [6.07, 6.45) is 0.276. The quantitative estimate of drug-likeness (QED) is 0.788. The number of amides is 1. The van der Waals surface area contributed by atoms with Crippen molar-refractivity contribution in [3.8, 4) is 5.75 Å². The molecule has 0 aliphatic carbocycles. The second kappa shape index (κ2) is 6.91. The van der Waals surface area contributed by atoms with Crippen molar-refractivity contribution in [3.05, 3.63) is 29.8 Å². The number of hydrogen-bond acceptors (Lipinski definition) is 3. The van der Waals surface area contributed by atoms with Crippen LogP contribution in [0.5, 0.6) is 5.75 Å². The van der Waals surface area contributed by atoms with Gasteiger partial charge >= 0.3 is 0 Å². The molecule has 1 aromatic carbocycles. The molecule has 0 heterocycles. The van der Waals surface area contributed by atoms with Crippen LogP contribution in [0.1, 0.15) is 31.9 Å². The number of benzene rings is 1. The summed E-state index contributed by atoms with van der Waals surface area (Å²) >= 11 is 0. The fourth-order valence-corrected chi connectivity index (χ4v) is 1.65. The Morgan fingerprint density at radius 3 is 2.76 bits per heavy atom. The molecular formula is C13H20N2O2. The summed E-state index contributed by atoms with van der Waals surface area (Å²) in [5.41, 5.74) is 6.89. The van der Waals surface area contributed by atoms with Crippen LogP contribution in [0.3, 0.4) is 0 Å². The molecule has 1 aromatic rings. The molecule has 1 amide bonds. The minimum Gasteiger partial charge on any atom is -0.494 e. The molecule has 3 N–H and O–H groups in total. The van der Waals surface area contributed by atoms with Gasteiger partial charge in [0.2, 0.25) is 5.91 Å². The van der Waals surface area contributed by atoms with Crippen molar-refractivity contribution in [3.63, 3.8) is 0 Å². The third-order valence-corrected chi connectivity index (χ3v) is 2.40. The number of rotatable bonds is 6. The first kappa shape index (κ1) is 13.5. The number of ether oxygens (including phenoxy) is 1. The van der Waals surface area contributed by atoms with E-state index in [1.165, 1.54) is 0 Å². The predicted molar refractivity (Wildman–Crippen MR) is 67.8 cm³/mol. The van der Waals surface area contributed by atoms with Crippen molar-refractivity contribution in [1.29, 1.82) is 0 Å². The second-order valence-electron chi connectivity index (χ2n) is 3.73. The van der Waals surface area contributed by atoms with Crippen molar-refractivity contribution in [2.45, 2.75) is 26.3 Å². The van der Waals surface area contributed by atoms with Crippen LogP contribution in [0.15, 0.2) is 24.3 Å². The number of nitrogens with one attached hydrogen (secondary N) is 1. The van der Waals surface area contributed by atoms with Gasteiger partial charge in [-0.25, -0.2) is 0 Å². The molecule has 0 saturated carbocycles. The molecule has 0 saturated heterocycles. The van der Waals surface area contributed by atoms with Gasteiger partial charge in [-0.15, -0.1) is 0 Å². The topological polar surface area (TPSA) is 64.4 Å². The van der Waals surface area contributed by atoms with Crippen LogP contribution >= 0.6 is 0 Å². The highest BCUT2D eigenvalue weighted by molar-refractivity contribution is 5.76. The zero-order chi connectivity index (χ0) is 12.7. The minimum atomic E-state index is -0.329. The molecule has 1 rings (SSSR count). The van der Waals surface area contributed by atoms with Gasteiger partial charge < -0.3 is 15.8 Å². The van der Waals surface area contributed by atoms with E-state index >= 15 is 0 Å². The summed E-state index contributed by atoms with van der Waals surface area (Å²) in [7, 11) is 0. The molecule has 0 aromatic heterocycles. The molecule has 0 fully saturated rings. The molecular weight excluding hydrogens is 216 g/mol. The highest BCUT2D eigenvalue weighted by Gasteiger charge is 2.14. The maximum absolute atomic E-state index is 11.5. The Hall–Kier alpha value is -1.55. The Morgan fingerprint density at radius 2 is 2.12 bits per heavy atom. The Kier molecular flexibility index (Phi) is 5.49. The van der Waals surface area contributed by atoms with Gasteiger partial charge in [-0.05, 0) is 19.9 Å². The van der Waals surface area contributed by atoms with E-state index in [0.29, 0.717) is 13.2 Å². The van der Waals surface area contributed by atoms with Crippen LogP contribution in [-0.2, 0) is 4.79 Å². The first-order valence-corrected chi connectivity index (χ1v) is 5.93. The molecule has 0 bridgehead atoms. The Labute approximate surface area is 102 Å². The summed E-state index contributed by atoms with van der Waals surface area (Å²) in [6.45, 7) is 5.02. The fourth-order valence-electron chi connectivity index (χ4n) is 1.65. The van der Waals surface area contributed by atoms with Crippen LogP contribution in [0.25, 0.3) is 0 Å². The average Bonchev–Trinajstić information content (AvgIpc) is 2.30. The van der Waals surface area contributed by atoms with Crippen LogP contribution in [0, 0.1) is 0 Å². The molecule has 0 radical (unpaired) electrons. The Balaban J connectivity index is 2.73. The van der Waals surface area contributed by atoms with Crippen LogP contribution < -0.4 is 15.8 Å². The van der Waals surface area contributed by atoms with Crippen molar-refractivity contribution < 1.29 is 9.53 Å². The summed E-state index contributed by atoms with van der Waals surface area (Å²) in [5, 5.41) is 2.74. The number of carbonyl (C=O) groups is 1. The number of nitrogens with two attached hydrogens (primary N) is 1. The van der Waals surface area contributed by atoms with Crippen molar-refractivity contribution in [2.75, 3.05) is 13.2 Å². The molecule has 4 nitrogen and oxygen atoms in total. The molecule has 0 unspecified atom stereocenters. The van der Waals surface area contributed by atoms with E-state index in [2.05, 4.69) is 5.32 Å². The molecule has 0 aliphatic heterocycles. The van der Waals surface area contributed by atoms with Gasteiger partial charge in [0.25, 0.3) is 0 Å². The summed E-state index contributed by atoms with van der Waals surface area (Å²) in [4.78, 5) is 11.5. The van der Waals surface area contributed by atoms with Gasteiger partial charge in [0, 0.05) is 24.6 Å². The maximum Gasteiger partial charge on any atom is 0.221 e. The van der Waals surface area contributed by atoms with Gasteiger partial charge in [-0.1, -0.05) is 18.2 Å². The lowest BCUT2D eigenvalue weighted by molar-refractivity contribution is -0.121. The lowest BCUT2D eigenvalue weighted by Gasteiger charge is -2.16. The second-order valence-corrected chi connectivity index (χ2v) is 3.73. The van der Waals surface area contributed by atoms with E-state index in [4.69, 9.17) is 10.5 Å². The monoisotopic (exact) mass is 236 g/mol.